The maximum atomic E-state index is 13.2. The van der Waals surface area contributed by atoms with Crippen LogP contribution >= 0.6 is 0 Å². The number of rotatable bonds is 10. The van der Waals surface area contributed by atoms with Gasteiger partial charge in [0.1, 0.15) is 11.5 Å². The highest BCUT2D eigenvalue weighted by Crippen LogP contribution is 2.41. The minimum atomic E-state index is -0.717. The van der Waals surface area contributed by atoms with Gasteiger partial charge < -0.3 is 29.1 Å². The third-order valence-corrected chi connectivity index (χ3v) is 5.71. The fourth-order valence-corrected chi connectivity index (χ4v) is 4.07. The minimum Gasteiger partial charge on any atom is -0.507 e. The summed E-state index contributed by atoms with van der Waals surface area (Å²) >= 11 is 0. The van der Waals surface area contributed by atoms with E-state index >= 15 is 0 Å². The van der Waals surface area contributed by atoms with Crippen LogP contribution in [0.3, 0.4) is 0 Å². The Labute approximate surface area is 200 Å². The number of benzene rings is 2. The second-order valence-electron chi connectivity index (χ2n) is 8.22. The van der Waals surface area contributed by atoms with Gasteiger partial charge in [-0.1, -0.05) is 12.1 Å². The molecule has 0 bridgehead atoms. The summed E-state index contributed by atoms with van der Waals surface area (Å²) in [6.45, 7) is 3.57. The van der Waals surface area contributed by atoms with Gasteiger partial charge in [0, 0.05) is 12.1 Å². The molecule has 0 aliphatic carbocycles. The van der Waals surface area contributed by atoms with Crippen LogP contribution in [0.5, 0.6) is 17.2 Å². The third kappa shape index (κ3) is 5.17. The molecule has 0 spiro atoms. The van der Waals surface area contributed by atoms with Crippen LogP contribution in [0.15, 0.2) is 48.0 Å². The molecule has 34 heavy (non-hydrogen) atoms. The lowest BCUT2D eigenvalue weighted by molar-refractivity contribution is -0.139. The monoisotopic (exact) mass is 468 g/mol. The molecule has 1 amide bonds. The first-order valence-corrected chi connectivity index (χ1v) is 11.2. The Morgan fingerprint density at radius 1 is 1.03 bits per heavy atom. The number of ether oxygens (including phenoxy) is 3. The Morgan fingerprint density at radius 2 is 1.71 bits per heavy atom. The van der Waals surface area contributed by atoms with Gasteiger partial charge in [0.25, 0.3) is 11.7 Å². The van der Waals surface area contributed by atoms with Crippen molar-refractivity contribution in [1.29, 1.82) is 0 Å². The molecule has 3 rings (SSSR count). The summed E-state index contributed by atoms with van der Waals surface area (Å²) < 4.78 is 16.1. The number of ketones is 1. The van der Waals surface area contributed by atoms with Gasteiger partial charge in [0.05, 0.1) is 32.4 Å². The normalized spacial score (nSPS) is 17.4. The summed E-state index contributed by atoms with van der Waals surface area (Å²) in [6.07, 6.45) is 0.684. The van der Waals surface area contributed by atoms with E-state index in [0.29, 0.717) is 42.4 Å². The molecule has 2 aromatic carbocycles. The summed E-state index contributed by atoms with van der Waals surface area (Å²) in [6, 6.07) is 11.4. The Kier molecular flexibility index (Phi) is 8.17. The zero-order valence-electron chi connectivity index (χ0n) is 20.3. The molecule has 182 valence electrons. The lowest BCUT2D eigenvalue weighted by Crippen LogP contribution is -2.32. The van der Waals surface area contributed by atoms with Gasteiger partial charge in [-0.3, -0.25) is 9.59 Å². The van der Waals surface area contributed by atoms with E-state index in [1.54, 1.807) is 30.3 Å². The molecule has 1 fully saturated rings. The average Bonchev–Trinajstić information content (AvgIpc) is 3.08. The summed E-state index contributed by atoms with van der Waals surface area (Å²) in [5.74, 6) is -0.00434. The van der Waals surface area contributed by atoms with Gasteiger partial charge in [0.2, 0.25) is 0 Å². The number of hydrogen-bond acceptors (Lipinski definition) is 7. The lowest BCUT2D eigenvalue weighted by Gasteiger charge is -2.26. The van der Waals surface area contributed by atoms with E-state index in [1.165, 1.54) is 19.1 Å². The molecule has 1 aliphatic heterocycles. The lowest BCUT2D eigenvalue weighted by atomic mass is 9.95. The highest BCUT2D eigenvalue weighted by Gasteiger charge is 2.45. The largest absolute Gasteiger partial charge is 0.507 e. The van der Waals surface area contributed by atoms with E-state index in [2.05, 4.69) is 0 Å². The molecule has 0 unspecified atom stereocenters. The fourth-order valence-electron chi connectivity index (χ4n) is 4.07. The van der Waals surface area contributed by atoms with Crippen molar-refractivity contribution in [2.45, 2.75) is 19.4 Å². The van der Waals surface area contributed by atoms with Crippen molar-refractivity contribution in [2.75, 3.05) is 48.0 Å². The SMILES string of the molecule is CCOc1ccc([C@@H]2C(=C(O)c3ccc(OC)c(OC)c3)C(=O)C(=O)N2CCCN(C)C)cc1. The Hall–Kier alpha value is -3.52. The quantitative estimate of drug-likeness (QED) is 0.324. The van der Waals surface area contributed by atoms with Crippen molar-refractivity contribution < 1.29 is 28.9 Å². The molecule has 2 aromatic rings. The first-order chi connectivity index (χ1) is 16.3. The maximum Gasteiger partial charge on any atom is 0.295 e. The topological polar surface area (TPSA) is 88.5 Å². The third-order valence-electron chi connectivity index (χ3n) is 5.71. The number of likely N-dealkylation sites (tertiary alicyclic amines) is 1. The molecule has 8 heteroatoms. The Morgan fingerprint density at radius 3 is 2.29 bits per heavy atom. The highest BCUT2D eigenvalue weighted by molar-refractivity contribution is 6.46. The van der Waals surface area contributed by atoms with Crippen molar-refractivity contribution in [2.24, 2.45) is 0 Å². The molecule has 1 aliphatic rings. The second-order valence-corrected chi connectivity index (χ2v) is 8.22. The zero-order chi connectivity index (χ0) is 24.8. The summed E-state index contributed by atoms with van der Waals surface area (Å²) in [4.78, 5) is 29.8. The van der Waals surface area contributed by atoms with Crippen LogP contribution in [-0.4, -0.2) is 74.6 Å². The molecule has 0 aromatic heterocycles. The van der Waals surface area contributed by atoms with Crippen molar-refractivity contribution in [3.8, 4) is 17.2 Å². The Bertz CT molecular complexity index is 1060. The van der Waals surface area contributed by atoms with Gasteiger partial charge in [-0.25, -0.2) is 0 Å². The van der Waals surface area contributed by atoms with Crippen LogP contribution in [0.4, 0.5) is 0 Å². The number of aliphatic hydroxyl groups excluding tert-OH is 1. The molecule has 1 N–H and O–H groups in total. The predicted octanol–water partition coefficient (Wildman–Crippen LogP) is 3.48. The zero-order valence-corrected chi connectivity index (χ0v) is 20.3. The van der Waals surface area contributed by atoms with E-state index in [9.17, 15) is 14.7 Å². The first kappa shape index (κ1) is 25.1. The molecule has 1 heterocycles. The maximum absolute atomic E-state index is 13.2. The van der Waals surface area contributed by atoms with E-state index in [4.69, 9.17) is 14.2 Å². The van der Waals surface area contributed by atoms with Crippen LogP contribution in [-0.2, 0) is 9.59 Å². The highest BCUT2D eigenvalue weighted by atomic mass is 16.5. The molecular formula is C26H32N2O6. The van der Waals surface area contributed by atoms with Gasteiger partial charge >= 0.3 is 0 Å². The Balaban J connectivity index is 2.10. The van der Waals surface area contributed by atoms with E-state index in [-0.39, 0.29) is 11.3 Å². The average molecular weight is 469 g/mol. The van der Waals surface area contributed by atoms with Crippen LogP contribution in [0.25, 0.3) is 5.76 Å². The predicted molar refractivity (Wildman–Crippen MR) is 129 cm³/mol. The van der Waals surface area contributed by atoms with Gasteiger partial charge in [-0.05, 0) is 69.9 Å². The van der Waals surface area contributed by atoms with Crippen LogP contribution < -0.4 is 14.2 Å². The van der Waals surface area contributed by atoms with E-state index in [0.717, 1.165) is 12.1 Å². The molecule has 1 saturated heterocycles. The first-order valence-electron chi connectivity index (χ1n) is 11.2. The number of nitrogens with zero attached hydrogens (tertiary/aromatic N) is 2. The second kappa shape index (κ2) is 11.1. The number of methoxy groups -OCH3 is 2. The molecule has 0 radical (unpaired) electrons. The summed E-state index contributed by atoms with van der Waals surface area (Å²) in [5.41, 5.74) is 1.13. The van der Waals surface area contributed by atoms with Crippen LogP contribution in [0, 0.1) is 0 Å². The van der Waals surface area contributed by atoms with Crippen LogP contribution in [0.1, 0.15) is 30.5 Å². The minimum absolute atomic E-state index is 0.0474. The number of aliphatic hydroxyl groups is 1. The smallest absolute Gasteiger partial charge is 0.295 e. The standard InChI is InChI=1S/C26H32N2O6/c1-6-34-19-11-8-17(9-12-19)23-22(25(30)26(31)28(23)15-7-14-27(2)3)24(29)18-10-13-20(32-4)21(16-18)33-5/h8-13,16,23,29H,6-7,14-15H2,1-5H3/t23-/m1/s1. The number of amides is 1. The van der Waals surface area contributed by atoms with Crippen molar-refractivity contribution in [1.82, 2.24) is 9.80 Å². The summed E-state index contributed by atoms with van der Waals surface area (Å²) in [7, 11) is 6.91. The van der Waals surface area contributed by atoms with E-state index < -0.39 is 17.7 Å². The fraction of sp³-hybridized carbons (Fsp3) is 0.385. The number of Topliss-reactive ketones (excluding diaryl/α,β-unsaturated/α-hetero) is 1. The molecule has 0 saturated carbocycles. The number of carbonyl (C=O) groups is 2. The van der Waals surface area contributed by atoms with Crippen LogP contribution in [0.2, 0.25) is 0 Å². The molecule has 1 atom stereocenters. The number of carbonyl (C=O) groups excluding carboxylic acids is 2. The van der Waals surface area contributed by atoms with Crippen molar-refractivity contribution in [3.63, 3.8) is 0 Å². The molecule has 8 nitrogen and oxygen atoms in total. The van der Waals surface area contributed by atoms with Gasteiger partial charge in [-0.15, -0.1) is 0 Å². The van der Waals surface area contributed by atoms with Gasteiger partial charge in [0.15, 0.2) is 11.5 Å². The summed E-state index contributed by atoms with van der Waals surface area (Å²) in [5, 5.41) is 11.2. The van der Waals surface area contributed by atoms with Gasteiger partial charge in [-0.2, -0.15) is 0 Å². The molecular weight excluding hydrogens is 436 g/mol. The van der Waals surface area contributed by atoms with Crippen molar-refractivity contribution in [3.05, 3.63) is 59.2 Å². The number of hydrogen-bond donors (Lipinski definition) is 1. The van der Waals surface area contributed by atoms with Crippen molar-refractivity contribution >= 4 is 17.4 Å². The van der Waals surface area contributed by atoms with E-state index in [1.807, 2.05) is 38.1 Å².